The molecule has 0 bridgehead atoms. The molecule has 1 saturated heterocycles. The van der Waals surface area contributed by atoms with Gasteiger partial charge in [0, 0.05) is 49.5 Å². The van der Waals surface area contributed by atoms with E-state index in [4.69, 9.17) is 0 Å². The first-order valence-electron chi connectivity index (χ1n) is 10.00. The maximum absolute atomic E-state index is 12.5. The smallest absolute Gasteiger partial charge is 0.255 e. The molecule has 8 heteroatoms. The van der Waals surface area contributed by atoms with E-state index in [1.54, 1.807) is 47.6 Å². The Bertz CT molecular complexity index is 1010. The van der Waals surface area contributed by atoms with Crippen LogP contribution in [0.3, 0.4) is 0 Å². The van der Waals surface area contributed by atoms with Crippen molar-refractivity contribution in [1.29, 1.82) is 0 Å². The number of anilines is 1. The highest BCUT2D eigenvalue weighted by atomic mass is 32.2. The van der Waals surface area contributed by atoms with Crippen LogP contribution in [0.4, 0.5) is 5.69 Å². The third-order valence-corrected chi connectivity index (χ3v) is 7.12. The lowest BCUT2D eigenvalue weighted by atomic mass is 10.1. The Morgan fingerprint density at radius 3 is 2.23 bits per heavy atom. The zero-order valence-electron chi connectivity index (χ0n) is 17.3. The van der Waals surface area contributed by atoms with E-state index in [9.17, 15) is 18.0 Å². The van der Waals surface area contributed by atoms with Crippen LogP contribution in [-0.4, -0.2) is 61.2 Å². The van der Waals surface area contributed by atoms with Crippen LogP contribution in [0.1, 0.15) is 40.1 Å². The Morgan fingerprint density at radius 1 is 0.967 bits per heavy atom. The summed E-state index contributed by atoms with van der Waals surface area (Å²) in [5.74, 6) is -0.153. The van der Waals surface area contributed by atoms with Crippen molar-refractivity contribution in [2.45, 2.75) is 20.4 Å². The van der Waals surface area contributed by atoms with Crippen molar-refractivity contribution >= 4 is 27.4 Å². The Morgan fingerprint density at radius 2 is 1.63 bits per heavy atom. The minimum absolute atomic E-state index is 0.0522. The number of hydrogen-bond acceptors (Lipinski definition) is 5. The molecule has 0 aliphatic carbocycles. The largest absolute Gasteiger partial charge is 0.322 e. The number of hydrogen-bond donors (Lipinski definition) is 1. The van der Waals surface area contributed by atoms with Gasteiger partial charge in [-0.1, -0.05) is 24.3 Å². The first-order valence-corrected chi connectivity index (χ1v) is 11.6. The molecule has 0 aromatic heterocycles. The van der Waals surface area contributed by atoms with Gasteiger partial charge in [0.2, 0.25) is 10.0 Å². The molecule has 0 atom stereocenters. The molecule has 1 aliphatic rings. The number of Topliss-reactive ketones (excluding diaryl/α,β-unsaturated/α-hetero) is 1. The SMILES string of the molecule is CCS(=O)(=O)N1CCN(Cc2ccc(C(=O)Nc3cccc(C(C)=O)c3)cc2)CC1. The van der Waals surface area contributed by atoms with Crippen molar-refractivity contribution in [3.8, 4) is 0 Å². The van der Waals surface area contributed by atoms with Crippen molar-refractivity contribution in [2.24, 2.45) is 0 Å². The highest BCUT2D eigenvalue weighted by Crippen LogP contribution is 2.15. The van der Waals surface area contributed by atoms with E-state index in [0.717, 1.165) is 5.56 Å². The predicted octanol–water partition coefficient (Wildman–Crippen LogP) is 2.61. The number of amides is 1. The second-order valence-electron chi connectivity index (χ2n) is 7.36. The maximum atomic E-state index is 12.5. The van der Waals surface area contributed by atoms with E-state index < -0.39 is 10.0 Å². The van der Waals surface area contributed by atoms with Gasteiger partial charge in [-0.25, -0.2) is 8.42 Å². The van der Waals surface area contributed by atoms with E-state index in [1.807, 2.05) is 12.1 Å². The van der Waals surface area contributed by atoms with Gasteiger partial charge in [0.15, 0.2) is 5.78 Å². The molecule has 0 radical (unpaired) electrons. The Hall–Kier alpha value is -2.55. The van der Waals surface area contributed by atoms with Gasteiger partial charge in [0.05, 0.1) is 5.75 Å². The fourth-order valence-electron chi connectivity index (χ4n) is 3.39. The fraction of sp³-hybridized carbons (Fsp3) is 0.364. The molecule has 160 valence electrons. The van der Waals surface area contributed by atoms with Crippen LogP contribution < -0.4 is 5.32 Å². The van der Waals surface area contributed by atoms with Crippen molar-refractivity contribution < 1.29 is 18.0 Å². The number of rotatable bonds is 7. The van der Waals surface area contributed by atoms with Gasteiger partial charge in [-0.05, 0) is 43.7 Å². The summed E-state index contributed by atoms with van der Waals surface area (Å²) in [5.41, 5.74) is 2.73. The summed E-state index contributed by atoms with van der Waals surface area (Å²) in [4.78, 5) is 26.2. The molecular weight excluding hydrogens is 402 g/mol. The van der Waals surface area contributed by atoms with Crippen molar-refractivity contribution in [3.05, 3.63) is 65.2 Å². The number of carbonyl (C=O) groups is 2. The molecule has 1 heterocycles. The minimum Gasteiger partial charge on any atom is -0.322 e. The Kier molecular flexibility index (Phi) is 7.02. The van der Waals surface area contributed by atoms with E-state index in [2.05, 4.69) is 10.2 Å². The molecule has 7 nitrogen and oxygen atoms in total. The molecule has 2 aromatic rings. The number of carbonyl (C=O) groups excluding carboxylic acids is 2. The van der Waals surface area contributed by atoms with E-state index in [-0.39, 0.29) is 17.4 Å². The van der Waals surface area contributed by atoms with Gasteiger partial charge in [0.25, 0.3) is 5.91 Å². The quantitative estimate of drug-likeness (QED) is 0.684. The van der Waals surface area contributed by atoms with Gasteiger partial charge in [0.1, 0.15) is 0 Å². The van der Waals surface area contributed by atoms with Gasteiger partial charge < -0.3 is 5.32 Å². The molecule has 2 aromatic carbocycles. The lowest BCUT2D eigenvalue weighted by molar-refractivity contribution is 0.101. The lowest BCUT2D eigenvalue weighted by Crippen LogP contribution is -2.48. The normalized spacial score (nSPS) is 15.7. The van der Waals surface area contributed by atoms with Crippen LogP contribution in [-0.2, 0) is 16.6 Å². The van der Waals surface area contributed by atoms with Crippen LogP contribution in [0.2, 0.25) is 0 Å². The number of piperazine rings is 1. The summed E-state index contributed by atoms with van der Waals surface area (Å²) in [5, 5.41) is 2.81. The van der Waals surface area contributed by atoms with Crippen molar-refractivity contribution in [1.82, 2.24) is 9.21 Å². The highest BCUT2D eigenvalue weighted by molar-refractivity contribution is 7.89. The molecule has 1 aliphatic heterocycles. The van der Waals surface area contributed by atoms with Gasteiger partial charge in [-0.15, -0.1) is 0 Å². The third kappa shape index (κ3) is 5.53. The van der Waals surface area contributed by atoms with Crippen LogP contribution in [0.5, 0.6) is 0 Å². The van der Waals surface area contributed by atoms with E-state index in [0.29, 0.717) is 49.5 Å². The van der Waals surface area contributed by atoms with Crippen LogP contribution >= 0.6 is 0 Å². The summed E-state index contributed by atoms with van der Waals surface area (Å²) in [6.07, 6.45) is 0. The molecular formula is C22H27N3O4S. The average molecular weight is 430 g/mol. The highest BCUT2D eigenvalue weighted by Gasteiger charge is 2.25. The van der Waals surface area contributed by atoms with Crippen molar-refractivity contribution in [3.63, 3.8) is 0 Å². The number of ketones is 1. The molecule has 1 fully saturated rings. The zero-order valence-corrected chi connectivity index (χ0v) is 18.1. The minimum atomic E-state index is -3.12. The van der Waals surface area contributed by atoms with Crippen molar-refractivity contribution in [2.75, 3.05) is 37.2 Å². The molecule has 1 N–H and O–H groups in total. The fourth-order valence-corrected chi connectivity index (χ4v) is 4.47. The molecule has 0 unspecified atom stereocenters. The zero-order chi connectivity index (χ0) is 21.7. The van der Waals surface area contributed by atoms with Crippen LogP contribution in [0.15, 0.2) is 48.5 Å². The Balaban J connectivity index is 1.56. The van der Waals surface area contributed by atoms with Gasteiger partial charge in [-0.3, -0.25) is 14.5 Å². The molecule has 1 amide bonds. The number of nitrogens with one attached hydrogen (secondary N) is 1. The standard InChI is InChI=1S/C22H27N3O4S/c1-3-30(28,29)25-13-11-24(12-14-25)16-18-7-9-19(10-8-18)22(27)23-21-6-4-5-20(15-21)17(2)26/h4-10,15H,3,11-14,16H2,1-2H3,(H,23,27). The summed E-state index contributed by atoms with van der Waals surface area (Å²) >= 11 is 0. The predicted molar refractivity (Wildman–Crippen MR) is 117 cm³/mol. The lowest BCUT2D eigenvalue weighted by Gasteiger charge is -2.33. The second-order valence-corrected chi connectivity index (χ2v) is 9.62. The first-order chi connectivity index (χ1) is 14.3. The third-order valence-electron chi connectivity index (χ3n) is 5.24. The molecule has 0 spiro atoms. The monoisotopic (exact) mass is 429 g/mol. The van der Waals surface area contributed by atoms with Crippen LogP contribution in [0.25, 0.3) is 0 Å². The van der Waals surface area contributed by atoms with Crippen LogP contribution in [0, 0.1) is 0 Å². The maximum Gasteiger partial charge on any atom is 0.255 e. The average Bonchev–Trinajstić information content (AvgIpc) is 2.75. The summed E-state index contributed by atoms with van der Waals surface area (Å²) in [6, 6.07) is 14.2. The number of sulfonamides is 1. The first kappa shape index (κ1) is 22.1. The molecule has 0 saturated carbocycles. The molecule has 3 rings (SSSR count). The second kappa shape index (κ2) is 9.51. The summed E-state index contributed by atoms with van der Waals surface area (Å²) in [6.45, 7) is 6.26. The number of nitrogens with zero attached hydrogens (tertiary/aromatic N) is 2. The summed E-state index contributed by atoms with van der Waals surface area (Å²) in [7, 11) is -3.12. The van der Waals surface area contributed by atoms with E-state index in [1.165, 1.54) is 6.92 Å². The van der Waals surface area contributed by atoms with E-state index >= 15 is 0 Å². The summed E-state index contributed by atoms with van der Waals surface area (Å²) < 4.78 is 25.5. The molecule has 30 heavy (non-hydrogen) atoms. The Labute approximate surface area is 177 Å². The number of benzene rings is 2. The van der Waals surface area contributed by atoms with Gasteiger partial charge in [-0.2, -0.15) is 4.31 Å². The van der Waals surface area contributed by atoms with Gasteiger partial charge >= 0.3 is 0 Å². The topological polar surface area (TPSA) is 86.8 Å².